The maximum Gasteiger partial charge on any atom is 0.0110 e. The number of hydrogen-bond donors (Lipinski definition) is 2. The van der Waals surface area contributed by atoms with E-state index in [2.05, 4.69) is 19.2 Å². The number of hydrogen-bond acceptors (Lipinski definition) is 2. The van der Waals surface area contributed by atoms with Crippen LogP contribution in [0.5, 0.6) is 0 Å². The molecule has 0 radical (unpaired) electrons. The van der Waals surface area contributed by atoms with Gasteiger partial charge < -0.3 is 11.1 Å². The molecule has 72 valence electrons. The van der Waals surface area contributed by atoms with Crippen LogP contribution in [-0.2, 0) is 0 Å². The fourth-order valence-corrected chi connectivity index (χ4v) is 2.09. The predicted octanol–water partition coefficient (Wildman–Crippen LogP) is 1.36. The van der Waals surface area contributed by atoms with E-state index in [1.807, 2.05) is 0 Å². The third-order valence-electron chi connectivity index (χ3n) is 2.76. The molecule has 3 N–H and O–H groups in total. The summed E-state index contributed by atoms with van der Waals surface area (Å²) in [6.45, 7) is 6.60. The molecule has 0 unspecified atom stereocenters. The van der Waals surface area contributed by atoms with Crippen LogP contribution < -0.4 is 11.1 Å². The van der Waals surface area contributed by atoms with E-state index in [9.17, 15) is 0 Å². The molecule has 1 aliphatic heterocycles. The molecule has 2 heteroatoms. The molecule has 0 saturated carbocycles. The van der Waals surface area contributed by atoms with Gasteiger partial charge in [-0.05, 0) is 44.2 Å². The van der Waals surface area contributed by atoms with E-state index in [-0.39, 0.29) is 0 Å². The highest BCUT2D eigenvalue weighted by atomic mass is 14.9. The lowest BCUT2D eigenvalue weighted by atomic mass is 9.86. The predicted molar refractivity (Wildman–Crippen MR) is 53.0 cm³/mol. The molecule has 0 spiro atoms. The largest absolute Gasteiger partial charge is 0.330 e. The Bertz CT molecular complexity index is 123. The first-order valence-corrected chi connectivity index (χ1v) is 5.17. The smallest absolute Gasteiger partial charge is 0.0110 e. The minimum absolute atomic E-state index is 0.684. The van der Waals surface area contributed by atoms with Crippen molar-refractivity contribution in [3.05, 3.63) is 0 Å². The first-order valence-electron chi connectivity index (χ1n) is 5.17. The van der Waals surface area contributed by atoms with Crippen LogP contribution in [0.2, 0.25) is 0 Å². The van der Waals surface area contributed by atoms with Crippen LogP contribution in [0.1, 0.15) is 33.1 Å². The van der Waals surface area contributed by atoms with Gasteiger partial charge in [-0.25, -0.2) is 0 Å². The highest BCUT2D eigenvalue weighted by Gasteiger charge is 2.23. The minimum Gasteiger partial charge on any atom is -0.330 e. The van der Waals surface area contributed by atoms with Crippen molar-refractivity contribution in [2.24, 2.45) is 17.6 Å². The highest BCUT2D eigenvalue weighted by molar-refractivity contribution is 4.82. The van der Waals surface area contributed by atoms with Crippen LogP contribution in [0.15, 0.2) is 0 Å². The maximum atomic E-state index is 5.73. The Labute approximate surface area is 75.9 Å². The number of piperidine rings is 1. The summed E-state index contributed by atoms with van der Waals surface area (Å²) in [6, 6.07) is 0.684. The number of nitrogens with one attached hydrogen (secondary N) is 1. The van der Waals surface area contributed by atoms with E-state index >= 15 is 0 Å². The molecule has 0 amide bonds. The lowest BCUT2D eigenvalue weighted by Crippen LogP contribution is -2.44. The van der Waals surface area contributed by atoms with Crippen molar-refractivity contribution in [3.8, 4) is 0 Å². The summed E-state index contributed by atoms with van der Waals surface area (Å²) < 4.78 is 0. The van der Waals surface area contributed by atoms with Crippen molar-refractivity contribution in [1.29, 1.82) is 0 Å². The molecule has 2 nitrogen and oxygen atoms in total. The Kier molecular flexibility index (Phi) is 4.02. The molecule has 1 aliphatic rings. The minimum atomic E-state index is 0.684. The molecule has 0 bridgehead atoms. The topological polar surface area (TPSA) is 38.0 Å². The van der Waals surface area contributed by atoms with Crippen molar-refractivity contribution in [2.75, 3.05) is 13.1 Å². The van der Waals surface area contributed by atoms with E-state index in [1.165, 1.54) is 25.8 Å². The van der Waals surface area contributed by atoms with Gasteiger partial charge >= 0.3 is 0 Å². The summed E-state index contributed by atoms with van der Waals surface area (Å²) in [6.07, 6.45) is 3.90. The Hall–Kier alpha value is -0.0800. The SMILES string of the molecule is CC(C)C[C@@H]1NCCC[C@H]1CN. The van der Waals surface area contributed by atoms with E-state index in [0.717, 1.165) is 18.4 Å². The van der Waals surface area contributed by atoms with Gasteiger partial charge in [0.25, 0.3) is 0 Å². The fourth-order valence-electron chi connectivity index (χ4n) is 2.09. The molecule has 1 rings (SSSR count). The summed E-state index contributed by atoms with van der Waals surface area (Å²) in [7, 11) is 0. The Morgan fingerprint density at radius 3 is 2.83 bits per heavy atom. The van der Waals surface area contributed by atoms with Gasteiger partial charge in [-0.1, -0.05) is 13.8 Å². The Morgan fingerprint density at radius 1 is 1.50 bits per heavy atom. The van der Waals surface area contributed by atoms with Gasteiger partial charge in [0.15, 0.2) is 0 Å². The molecule has 0 aromatic carbocycles. The van der Waals surface area contributed by atoms with Crippen molar-refractivity contribution in [3.63, 3.8) is 0 Å². The quantitative estimate of drug-likeness (QED) is 0.671. The second-order valence-corrected chi connectivity index (χ2v) is 4.33. The third kappa shape index (κ3) is 2.76. The van der Waals surface area contributed by atoms with Gasteiger partial charge in [-0.15, -0.1) is 0 Å². The lowest BCUT2D eigenvalue weighted by molar-refractivity contribution is 0.253. The zero-order chi connectivity index (χ0) is 8.97. The summed E-state index contributed by atoms with van der Waals surface area (Å²) in [5.74, 6) is 1.51. The first kappa shape index (κ1) is 10.0. The van der Waals surface area contributed by atoms with Gasteiger partial charge in [0.1, 0.15) is 0 Å². The Morgan fingerprint density at radius 2 is 2.25 bits per heavy atom. The second-order valence-electron chi connectivity index (χ2n) is 4.33. The summed E-state index contributed by atoms with van der Waals surface area (Å²) in [5.41, 5.74) is 5.73. The van der Waals surface area contributed by atoms with Crippen LogP contribution in [0, 0.1) is 11.8 Å². The van der Waals surface area contributed by atoms with E-state index in [1.54, 1.807) is 0 Å². The van der Waals surface area contributed by atoms with Crippen molar-refractivity contribution in [1.82, 2.24) is 5.32 Å². The standard InChI is InChI=1S/C10H22N2/c1-8(2)6-10-9(7-11)4-3-5-12-10/h8-10,12H,3-7,11H2,1-2H3/t9-,10-/m0/s1. The van der Waals surface area contributed by atoms with Crippen molar-refractivity contribution in [2.45, 2.75) is 39.2 Å². The van der Waals surface area contributed by atoms with Crippen LogP contribution in [0.3, 0.4) is 0 Å². The van der Waals surface area contributed by atoms with E-state index in [4.69, 9.17) is 5.73 Å². The molecule has 1 fully saturated rings. The molecule has 0 aromatic rings. The molecular weight excluding hydrogens is 148 g/mol. The molecule has 12 heavy (non-hydrogen) atoms. The van der Waals surface area contributed by atoms with E-state index < -0.39 is 0 Å². The zero-order valence-corrected chi connectivity index (χ0v) is 8.34. The van der Waals surface area contributed by atoms with E-state index in [0.29, 0.717) is 6.04 Å². The van der Waals surface area contributed by atoms with Crippen molar-refractivity contribution < 1.29 is 0 Å². The average Bonchev–Trinajstić information content (AvgIpc) is 2.04. The average molecular weight is 170 g/mol. The summed E-state index contributed by atoms with van der Waals surface area (Å²) in [4.78, 5) is 0. The molecule has 1 saturated heterocycles. The number of rotatable bonds is 3. The molecular formula is C10H22N2. The van der Waals surface area contributed by atoms with Gasteiger partial charge in [0, 0.05) is 6.04 Å². The van der Waals surface area contributed by atoms with Gasteiger partial charge in [0.05, 0.1) is 0 Å². The highest BCUT2D eigenvalue weighted by Crippen LogP contribution is 2.20. The number of nitrogens with two attached hydrogens (primary N) is 1. The lowest BCUT2D eigenvalue weighted by Gasteiger charge is -2.32. The second kappa shape index (κ2) is 4.83. The molecule has 2 atom stereocenters. The monoisotopic (exact) mass is 170 g/mol. The summed E-state index contributed by atoms with van der Waals surface area (Å²) in [5, 5.41) is 3.57. The molecule has 1 heterocycles. The van der Waals surface area contributed by atoms with Crippen LogP contribution in [0.25, 0.3) is 0 Å². The van der Waals surface area contributed by atoms with Crippen LogP contribution in [-0.4, -0.2) is 19.1 Å². The first-order chi connectivity index (χ1) is 5.74. The van der Waals surface area contributed by atoms with Crippen LogP contribution >= 0.6 is 0 Å². The maximum absolute atomic E-state index is 5.73. The molecule has 0 aliphatic carbocycles. The molecule has 0 aromatic heterocycles. The zero-order valence-electron chi connectivity index (χ0n) is 8.34. The fraction of sp³-hybridized carbons (Fsp3) is 1.00. The van der Waals surface area contributed by atoms with Gasteiger partial charge in [-0.2, -0.15) is 0 Å². The normalized spacial score (nSPS) is 31.0. The Balaban J connectivity index is 2.36. The van der Waals surface area contributed by atoms with Gasteiger partial charge in [0.2, 0.25) is 0 Å². The van der Waals surface area contributed by atoms with Crippen molar-refractivity contribution >= 4 is 0 Å². The summed E-state index contributed by atoms with van der Waals surface area (Å²) >= 11 is 0. The van der Waals surface area contributed by atoms with Crippen LogP contribution in [0.4, 0.5) is 0 Å². The third-order valence-corrected chi connectivity index (χ3v) is 2.76. The van der Waals surface area contributed by atoms with Gasteiger partial charge in [-0.3, -0.25) is 0 Å².